The minimum atomic E-state index is -4.63. The van der Waals surface area contributed by atoms with Gasteiger partial charge in [-0.1, -0.05) is 0 Å². The van der Waals surface area contributed by atoms with Crippen LogP contribution in [0.15, 0.2) is 36.7 Å². The first-order valence-electron chi connectivity index (χ1n) is 13.3. The van der Waals surface area contributed by atoms with E-state index in [-0.39, 0.29) is 34.6 Å². The van der Waals surface area contributed by atoms with E-state index in [0.29, 0.717) is 23.7 Å². The molecule has 2 aliphatic carbocycles. The maximum Gasteiger partial charge on any atom is 0.417 e. The Hall–Kier alpha value is -3.83. The molecule has 5 rings (SSSR count). The molecule has 2 aliphatic rings. The van der Waals surface area contributed by atoms with Crippen LogP contribution in [0.2, 0.25) is 0 Å². The first-order chi connectivity index (χ1) is 18.9. The first kappa shape index (κ1) is 27.7. The van der Waals surface area contributed by atoms with Crippen LogP contribution in [0, 0.1) is 30.6 Å². The molecule has 3 heterocycles. The number of aryl methyl sites for hydroxylation is 1. The van der Waals surface area contributed by atoms with Gasteiger partial charge in [0, 0.05) is 35.8 Å². The average molecular weight is 560 g/mol. The van der Waals surface area contributed by atoms with Gasteiger partial charge < -0.3 is 5.32 Å². The van der Waals surface area contributed by atoms with Crippen molar-refractivity contribution in [3.05, 3.63) is 59.6 Å². The number of aromatic amines is 1. The Balaban J connectivity index is 1.39. The smallest absolute Gasteiger partial charge is 0.337 e. The van der Waals surface area contributed by atoms with Gasteiger partial charge in [0.1, 0.15) is 11.7 Å². The molecule has 1 atom stereocenters. The maximum absolute atomic E-state index is 15.2. The zero-order chi connectivity index (χ0) is 28.8. The fourth-order valence-corrected chi connectivity index (χ4v) is 5.27. The normalized spacial score (nSPS) is 16.3. The molecule has 2 amide bonds. The van der Waals surface area contributed by atoms with Gasteiger partial charge in [0.25, 0.3) is 17.7 Å². The Morgan fingerprint density at radius 1 is 1.07 bits per heavy atom. The van der Waals surface area contributed by atoms with E-state index < -0.39 is 35.5 Å². The highest BCUT2D eigenvalue weighted by Crippen LogP contribution is 2.51. The van der Waals surface area contributed by atoms with Crippen LogP contribution in [-0.2, 0) is 11.0 Å². The van der Waals surface area contributed by atoms with E-state index in [1.165, 1.54) is 25.3 Å². The summed E-state index contributed by atoms with van der Waals surface area (Å²) in [5.74, 6) is -1.24. The van der Waals surface area contributed by atoms with E-state index in [2.05, 4.69) is 25.7 Å². The lowest BCUT2D eigenvalue weighted by atomic mass is 9.88. The fourth-order valence-electron chi connectivity index (χ4n) is 5.27. The van der Waals surface area contributed by atoms with Crippen LogP contribution in [0.5, 0.6) is 0 Å². The summed E-state index contributed by atoms with van der Waals surface area (Å²) in [6.45, 7) is 5.28. The summed E-state index contributed by atoms with van der Waals surface area (Å²) in [6.07, 6.45) is 1.51. The van der Waals surface area contributed by atoms with E-state index in [1.807, 2.05) is 13.8 Å². The number of halogens is 4. The molecule has 2 saturated carbocycles. The van der Waals surface area contributed by atoms with Crippen molar-refractivity contribution in [3.8, 4) is 11.1 Å². The number of nitrogens with zero attached hydrogens (tertiary/aromatic N) is 3. The van der Waals surface area contributed by atoms with Gasteiger partial charge in [-0.3, -0.25) is 14.5 Å². The maximum atomic E-state index is 15.2. The van der Waals surface area contributed by atoms with E-state index in [4.69, 9.17) is 0 Å². The van der Waals surface area contributed by atoms with Gasteiger partial charge in [-0.15, -0.1) is 0 Å². The molecular formula is C28H31F4N6O2+. The zero-order valence-corrected chi connectivity index (χ0v) is 22.3. The zero-order valence-electron chi connectivity index (χ0n) is 22.3. The molecule has 40 heavy (non-hydrogen) atoms. The van der Waals surface area contributed by atoms with Crippen LogP contribution >= 0.6 is 0 Å². The summed E-state index contributed by atoms with van der Waals surface area (Å²) in [5, 5.41) is 9.81. The number of H-pyrrole nitrogens is 1. The van der Waals surface area contributed by atoms with E-state index >= 15 is 4.39 Å². The number of amides is 2. The van der Waals surface area contributed by atoms with Crippen LogP contribution < -0.4 is 15.6 Å². The molecule has 3 N–H and O–H groups in total. The molecule has 0 aromatic carbocycles. The number of nitrogens with one attached hydrogen (secondary N) is 3. The van der Waals surface area contributed by atoms with Crippen molar-refractivity contribution in [3.63, 3.8) is 0 Å². The molecule has 8 nitrogen and oxygen atoms in total. The summed E-state index contributed by atoms with van der Waals surface area (Å²) in [4.78, 5) is 33.1. The SMILES string of the molecule is Cc1ncc(C(F)(F)F)cc1-c1ccc(NC(=O)[C@@H](NC(=O)c2ccnn2C(C)C)C(C2CC2)C2CC2)[nH+]c1F. The number of aromatic nitrogens is 4. The van der Waals surface area contributed by atoms with Crippen molar-refractivity contribution < 1.29 is 32.1 Å². The molecule has 212 valence electrons. The van der Waals surface area contributed by atoms with Crippen molar-refractivity contribution in [2.45, 2.75) is 64.7 Å². The van der Waals surface area contributed by atoms with Crippen molar-refractivity contribution in [1.29, 1.82) is 0 Å². The highest BCUT2D eigenvalue weighted by molar-refractivity contribution is 6.00. The Morgan fingerprint density at radius 2 is 1.75 bits per heavy atom. The Bertz CT molecular complexity index is 1420. The minimum Gasteiger partial charge on any atom is -0.337 e. The Morgan fingerprint density at radius 3 is 2.33 bits per heavy atom. The quantitative estimate of drug-likeness (QED) is 0.285. The number of alkyl halides is 3. The molecule has 0 radical (unpaired) electrons. The highest BCUT2D eigenvalue weighted by Gasteiger charge is 2.49. The molecule has 0 aliphatic heterocycles. The van der Waals surface area contributed by atoms with E-state index in [9.17, 15) is 22.8 Å². The topological polar surface area (TPSA) is 103 Å². The summed E-state index contributed by atoms with van der Waals surface area (Å²) >= 11 is 0. The molecule has 3 aromatic rings. The molecule has 0 bridgehead atoms. The molecule has 0 unspecified atom stereocenters. The molecular weight excluding hydrogens is 528 g/mol. The Labute approximate surface area is 228 Å². The van der Waals surface area contributed by atoms with Crippen molar-refractivity contribution in [2.75, 3.05) is 5.32 Å². The third kappa shape index (κ3) is 5.85. The number of hydrogen-bond acceptors (Lipinski definition) is 4. The number of carbonyl (C=O) groups excluding carboxylic acids is 2. The minimum absolute atomic E-state index is 0.0145. The third-order valence-electron chi connectivity index (χ3n) is 7.54. The number of pyridine rings is 2. The lowest BCUT2D eigenvalue weighted by molar-refractivity contribution is -0.404. The summed E-state index contributed by atoms with van der Waals surface area (Å²) in [6, 6.07) is 4.20. The predicted molar refractivity (Wildman–Crippen MR) is 137 cm³/mol. The largest absolute Gasteiger partial charge is 0.417 e. The number of hydrogen-bond donors (Lipinski definition) is 2. The number of carbonyl (C=O) groups is 2. The van der Waals surface area contributed by atoms with Gasteiger partial charge >= 0.3 is 12.1 Å². The number of rotatable bonds is 9. The van der Waals surface area contributed by atoms with Gasteiger partial charge in [0.15, 0.2) is 0 Å². The summed E-state index contributed by atoms with van der Waals surface area (Å²) in [7, 11) is 0. The van der Waals surface area contributed by atoms with Crippen LogP contribution in [-0.4, -0.2) is 32.6 Å². The van der Waals surface area contributed by atoms with Crippen LogP contribution in [0.25, 0.3) is 11.1 Å². The second kappa shape index (κ2) is 10.6. The van der Waals surface area contributed by atoms with Gasteiger partial charge in [-0.05, 0) is 82.4 Å². The first-order valence-corrected chi connectivity index (χ1v) is 13.3. The average Bonchev–Trinajstić information content (AvgIpc) is 3.83. The van der Waals surface area contributed by atoms with Crippen molar-refractivity contribution in [1.82, 2.24) is 20.1 Å². The summed E-state index contributed by atoms with van der Waals surface area (Å²) < 4.78 is 56.3. The second-order valence-corrected chi connectivity index (χ2v) is 10.9. The molecule has 3 aromatic heterocycles. The molecule has 12 heteroatoms. The van der Waals surface area contributed by atoms with Crippen LogP contribution in [0.4, 0.5) is 23.4 Å². The van der Waals surface area contributed by atoms with Gasteiger partial charge in [-0.25, -0.2) is 15.1 Å². The van der Waals surface area contributed by atoms with Gasteiger partial charge in [-0.2, -0.15) is 22.7 Å². The fraction of sp³-hybridized carbons (Fsp3) is 0.464. The highest BCUT2D eigenvalue weighted by atomic mass is 19.4. The molecule has 2 fully saturated rings. The van der Waals surface area contributed by atoms with Gasteiger partial charge in [0.2, 0.25) is 0 Å². The third-order valence-corrected chi connectivity index (χ3v) is 7.54. The van der Waals surface area contributed by atoms with E-state index in [0.717, 1.165) is 31.7 Å². The van der Waals surface area contributed by atoms with Crippen LogP contribution in [0.3, 0.4) is 0 Å². The molecule has 0 spiro atoms. The van der Waals surface area contributed by atoms with Gasteiger partial charge in [0.05, 0.1) is 11.1 Å². The predicted octanol–water partition coefficient (Wildman–Crippen LogP) is 4.98. The van der Waals surface area contributed by atoms with Crippen molar-refractivity contribution >= 4 is 17.6 Å². The Kier molecular flexibility index (Phi) is 7.36. The second-order valence-electron chi connectivity index (χ2n) is 10.9. The monoisotopic (exact) mass is 559 g/mol. The summed E-state index contributed by atoms with van der Waals surface area (Å²) in [5.41, 5.74) is -0.568. The lowest BCUT2D eigenvalue weighted by Crippen LogP contribution is -2.50. The molecule has 0 saturated heterocycles. The number of anilines is 1. The van der Waals surface area contributed by atoms with Crippen LogP contribution in [0.1, 0.15) is 67.3 Å². The standard InChI is InChI=1S/C28H30F4N6O2/c1-14(2)38-21(10-11-34-38)26(39)37-24(23(16-4-5-16)17-6-7-17)27(40)36-22-9-8-19(25(29)35-22)20-12-18(28(30,31)32)13-33-15(20)3/h8-14,16-17,23-24H,4-7H2,1-3H3,(H,37,39)(H,35,36,40)/p+1/t24-/m0/s1. The lowest BCUT2D eigenvalue weighted by Gasteiger charge is -2.25. The van der Waals surface area contributed by atoms with E-state index in [1.54, 1.807) is 10.7 Å². The van der Waals surface area contributed by atoms with Crippen molar-refractivity contribution in [2.24, 2.45) is 17.8 Å².